The average molecular weight is 267 g/mol. The summed E-state index contributed by atoms with van der Waals surface area (Å²) in [6.07, 6.45) is 1.56. The van der Waals surface area contributed by atoms with Crippen LogP contribution in [0.2, 0.25) is 0 Å². The molecular weight excluding hydrogens is 257 g/mol. The van der Waals surface area contributed by atoms with Crippen LogP contribution in [0.5, 0.6) is 0 Å². The van der Waals surface area contributed by atoms with Gasteiger partial charge < -0.3 is 5.11 Å². The zero-order valence-corrected chi connectivity index (χ0v) is 10.4. The largest absolute Gasteiger partial charge is 0.478 e. The molecule has 0 aliphatic carbocycles. The highest BCUT2D eigenvalue weighted by atomic mass is 19.1. The Hall–Kier alpha value is -2.75. The Kier molecular flexibility index (Phi) is 2.91. The minimum atomic E-state index is -1.09. The van der Waals surface area contributed by atoms with E-state index < -0.39 is 11.8 Å². The molecule has 0 radical (unpaired) electrons. The molecule has 0 fully saturated rings. The van der Waals surface area contributed by atoms with Crippen LogP contribution in [-0.2, 0) is 0 Å². The van der Waals surface area contributed by atoms with Crippen LogP contribution in [-0.4, -0.2) is 16.1 Å². The lowest BCUT2D eigenvalue weighted by Gasteiger charge is -2.07. The van der Waals surface area contributed by atoms with E-state index in [9.17, 15) is 14.3 Å². The van der Waals surface area contributed by atoms with E-state index in [1.165, 1.54) is 12.1 Å². The number of aromatic carboxylic acids is 1. The van der Waals surface area contributed by atoms with Crippen molar-refractivity contribution in [1.29, 1.82) is 0 Å². The molecule has 0 amide bonds. The van der Waals surface area contributed by atoms with Gasteiger partial charge in [-0.05, 0) is 30.3 Å². The van der Waals surface area contributed by atoms with Crippen molar-refractivity contribution in [2.45, 2.75) is 0 Å². The molecule has 2 aromatic carbocycles. The van der Waals surface area contributed by atoms with E-state index in [1.54, 1.807) is 6.20 Å². The maximum Gasteiger partial charge on any atom is 0.336 e. The van der Waals surface area contributed by atoms with Crippen LogP contribution in [0.15, 0.2) is 54.7 Å². The molecule has 3 nitrogen and oxygen atoms in total. The number of para-hydroxylation sites is 1. The highest BCUT2D eigenvalue weighted by Gasteiger charge is 2.13. The third kappa shape index (κ3) is 2.12. The Morgan fingerprint density at radius 3 is 2.70 bits per heavy atom. The van der Waals surface area contributed by atoms with Gasteiger partial charge in [0, 0.05) is 22.7 Å². The summed E-state index contributed by atoms with van der Waals surface area (Å²) in [6, 6.07) is 12.9. The van der Waals surface area contributed by atoms with Gasteiger partial charge in [-0.2, -0.15) is 0 Å². The van der Waals surface area contributed by atoms with Gasteiger partial charge in [0.25, 0.3) is 0 Å². The number of carboxylic acids is 1. The number of hydrogen-bond donors (Lipinski definition) is 1. The van der Waals surface area contributed by atoms with Crippen LogP contribution < -0.4 is 0 Å². The standard InChI is InChI=1S/C16H10FNO2/c17-12-5-6-13(16(19)20)14(8-12)11-7-10-3-1-2-4-15(10)18-9-11/h1-9H,(H,19,20). The van der Waals surface area contributed by atoms with Crippen LogP contribution in [0.3, 0.4) is 0 Å². The van der Waals surface area contributed by atoms with E-state index in [0.29, 0.717) is 11.1 Å². The molecule has 3 aromatic rings. The first-order chi connectivity index (χ1) is 9.65. The van der Waals surface area contributed by atoms with E-state index in [2.05, 4.69) is 4.98 Å². The van der Waals surface area contributed by atoms with Gasteiger partial charge in [-0.15, -0.1) is 0 Å². The Morgan fingerprint density at radius 2 is 1.90 bits per heavy atom. The second-order valence-electron chi connectivity index (χ2n) is 4.41. The van der Waals surface area contributed by atoms with Crippen LogP contribution >= 0.6 is 0 Å². The molecule has 0 aliphatic rings. The van der Waals surface area contributed by atoms with Gasteiger partial charge >= 0.3 is 5.97 Å². The molecule has 0 aliphatic heterocycles. The molecule has 1 N–H and O–H groups in total. The van der Waals surface area contributed by atoms with Crippen molar-refractivity contribution >= 4 is 16.9 Å². The molecule has 0 saturated heterocycles. The predicted octanol–water partition coefficient (Wildman–Crippen LogP) is 3.74. The number of carboxylic acid groups (broad SMARTS) is 1. The van der Waals surface area contributed by atoms with Crippen LogP contribution in [0.25, 0.3) is 22.0 Å². The first-order valence-corrected chi connectivity index (χ1v) is 6.03. The first-order valence-electron chi connectivity index (χ1n) is 6.03. The third-order valence-corrected chi connectivity index (χ3v) is 3.11. The molecule has 98 valence electrons. The monoisotopic (exact) mass is 267 g/mol. The smallest absolute Gasteiger partial charge is 0.336 e. The van der Waals surface area contributed by atoms with Crippen molar-refractivity contribution in [2.24, 2.45) is 0 Å². The molecule has 0 bridgehead atoms. The highest BCUT2D eigenvalue weighted by Crippen LogP contribution is 2.26. The van der Waals surface area contributed by atoms with Gasteiger partial charge in [-0.25, -0.2) is 9.18 Å². The Labute approximate surface area is 114 Å². The lowest BCUT2D eigenvalue weighted by atomic mass is 9.99. The molecule has 1 aromatic heterocycles. The molecule has 0 unspecified atom stereocenters. The minimum absolute atomic E-state index is 0.0588. The number of halogens is 1. The number of hydrogen-bond acceptors (Lipinski definition) is 2. The molecule has 0 saturated carbocycles. The van der Waals surface area contributed by atoms with Crippen molar-refractivity contribution in [3.63, 3.8) is 0 Å². The van der Waals surface area contributed by atoms with Gasteiger partial charge in [-0.1, -0.05) is 18.2 Å². The van der Waals surface area contributed by atoms with E-state index in [0.717, 1.165) is 17.0 Å². The van der Waals surface area contributed by atoms with Gasteiger partial charge in [0.1, 0.15) is 5.82 Å². The Bertz CT molecular complexity index is 814. The summed E-state index contributed by atoms with van der Waals surface area (Å²) in [4.78, 5) is 15.5. The van der Waals surface area contributed by atoms with E-state index >= 15 is 0 Å². The summed E-state index contributed by atoms with van der Waals surface area (Å²) >= 11 is 0. The van der Waals surface area contributed by atoms with Gasteiger partial charge in [-0.3, -0.25) is 4.98 Å². The summed E-state index contributed by atoms with van der Waals surface area (Å²) in [5.74, 6) is -1.56. The fourth-order valence-electron chi connectivity index (χ4n) is 2.16. The lowest BCUT2D eigenvalue weighted by molar-refractivity contribution is 0.0697. The Balaban J connectivity index is 2.24. The SMILES string of the molecule is O=C(O)c1ccc(F)cc1-c1cnc2ccccc2c1. The quantitative estimate of drug-likeness (QED) is 0.769. The lowest BCUT2D eigenvalue weighted by Crippen LogP contribution is -2.00. The summed E-state index contributed by atoms with van der Waals surface area (Å²) in [7, 11) is 0. The maximum absolute atomic E-state index is 13.4. The van der Waals surface area contributed by atoms with E-state index in [1.807, 2.05) is 30.3 Å². The summed E-state index contributed by atoms with van der Waals surface area (Å²) < 4.78 is 13.4. The van der Waals surface area contributed by atoms with Gasteiger partial charge in [0.05, 0.1) is 11.1 Å². The van der Waals surface area contributed by atoms with Crippen LogP contribution in [0.4, 0.5) is 4.39 Å². The first kappa shape index (κ1) is 12.3. The second kappa shape index (κ2) is 4.74. The topological polar surface area (TPSA) is 50.2 Å². The average Bonchev–Trinajstić information content (AvgIpc) is 2.46. The van der Waals surface area contributed by atoms with Gasteiger partial charge in [0.2, 0.25) is 0 Å². The zero-order valence-electron chi connectivity index (χ0n) is 10.4. The third-order valence-electron chi connectivity index (χ3n) is 3.11. The van der Waals surface area contributed by atoms with Crippen molar-refractivity contribution in [3.05, 3.63) is 66.1 Å². The molecular formula is C16H10FNO2. The number of carbonyl (C=O) groups is 1. The highest BCUT2D eigenvalue weighted by molar-refractivity contribution is 5.97. The molecule has 4 heteroatoms. The van der Waals surface area contributed by atoms with Crippen molar-refractivity contribution in [3.8, 4) is 11.1 Å². The number of fused-ring (bicyclic) bond motifs is 1. The van der Waals surface area contributed by atoms with Crippen molar-refractivity contribution in [2.75, 3.05) is 0 Å². The number of aromatic nitrogens is 1. The minimum Gasteiger partial charge on any atom is -0.478 e. The Morgan fingerprint density at radius 1 is 1.10 bits per heavy atom. The summed E-state index contributed by atoms with van der Waals surface area (Å²) in [5, 5.41) is 10.1. The normalized spacial score (nSPS) is 10.7. The number of benzene rings is 2. The number of nitrogens with zero attached hydrogens (tertiary/aromatic N) is 1. The van der Waals surface area contributed by atoms with Gasteiger partial charge in [0.15, 0.2) is 0 Å². The molecule has 3 rings (SSSR count). The molecule has 20 heavy (non-hydrogen) atoms. The van der Waals surface area contributed by atoms with Crippen LogP contribution in [0, 0.1) is 5.82 Å². The molecule has 1 heterocycles. The van der Waals surface area contributed by atoms with Crippen LogP contribution in [0.1, 0.15) is 10.4 Å². The fourth-order valence-corrected chi connectivity index (χ4v) is 2.16. The molecule has 0 spiro atoms. The van der Waals surface area contributed by atoms with E-state index in [-0.39, 0.29) is 5.56 Å². The number of pyridine rings is 1. The summed E-state index contributed by atoms with van der Waals surface area (Å²) in [6.45, 7) is 0. The maximum atomic E-state index is 13.4. The van der Waals surface area contributed by atoms with E-state index in [4.69, 9.17) is 0 Å². The summed E-state index contributed by atoms with van der Waals surface area (Å²) in [5.41, 5.74) is 1.78. The zero-order chi connectivity index (χ0) is 14.1. The number of rotatable bonds is 2. The second-order valence-corrected chi connectivity index (χ2v) is 4.41. The van der Waals surface area contributed by atoms with Crippen molar-refractivity contribution in [1.82, 2.24) is 4.98 Å². The van der Waals surface area contributed by atoms with Crippen molar-refractivity contribution < 1.29 is 14.3 Å². The fraction of sp³-hybridized carbons (Fsp3) is 0. The molecule has 0 atom stereocenters. The predicted molar refractivity (Wildman–Crippen MR) is 74.1 cm³/mol.